The summed E-state index contributed by atoms with van der Waals surface area (Å²) in [6.07, 6.45) is 11.8. The predicted octanol–water partition coefficient (Wildman–Crippen LogP) is 10.7. The number of carboxylic acids is 1. The highest BCUT2D eigenvalue weighted by atomic mass is 32.2. The quantitative estimate of drug-likeness (QED) is 0.0194. The molecule has 3 unspecified atom stereocenters. The number of esters is 1. The second kappa shape index (κ2) is 27.3. The summed E-state index contributed by atoms with van der Waals surface area (Å²) in [5, 5.41) is 9.08. The van der Waals surface area contributed by atoms with Crippen molar-refractivity contribution in [1.29, 1.82) is 0 Å². The number of rotatable bonds is 29. The molecule has 424 valence electrons. The van der Waals surface area contributed by atoms with Crippen molar-refractivity contribution in [2.45, 2.75) is 169 Å². The highest BCUT2D eigenvalue weighted by molar-refractivity contribution is 7.86. The molecule has 18 heteroatoms. The van der Waals surface area contributed by atoms with Gasteiger partial charge in [-0.15, -0.1) is 0 Å². The highest BCUT2D eigenvalue weighted by Crippen LogP contribution is 2.50. The third-order valence-electron chi connectivity index (χ3n) is 15.6. The molecule has 4 aliphatic heterocycles. The van der Waals surface area contributed by atoms with Crippen LogP contribution < -0.4 is 9.64 Å². The van der Waals surface area contributed by atoms with Crippen molar-refractivity contribution in [3.63, 3.8) is 0 Å². The number of benzene rings is 3. The zero-order chi connectivity index (χ0) is 56.1. The van der Waals surface area contributed by atoms with Gasteiger partial charge in [0.25, 0.3) is 20.2 Å². The average Bonchev–Trinajstić information content (AvgIpc) is 3.90. The Morgan fingerprint density at radius 3 is 1.91 bits per heavy atom. The third kappa shape index (κ3) is 16.1. The molecule has 3 N–H and O–H groups in total. The van der Waals surface area contributed by atoms with Gasteiger partial charge >= 0.3 is 11.9 Å². The van der Waals surface area contributed by atoms with Crippen molar-refractivity contribution >= 4 is 66.7 Å². The van der Waals surface area contributed by atoms with Crippen molar-refractivity contribution in [1.82, 2.24) is 0 Å². The van der Waals surface area contributed by atoms with Crippen LogP contribution in [0.1, 0.15) is 159 Å². The van der Waals surface area contributed by atoms with E-state index in [1.807, 2.05) is 43.9 Å². The van der Waals surface area contributed by atoms with Crippen LogP contribution in [0.15, 0.2) is 60.2 Å². The van der Waals surface area contributed by atoms with E-state index in [2.05, 4.69) is 86.2 Å². The monoisotopic (exact) mass is 1110 g/mol. The number of fused-ring (bicyclic) bond motifs is 6. The summed E-state index contributed by atoms with van der Waals surface area (Å²) in [7, 11) is -8.30. The van der Waals surface area contributed by atoms with Gasteiger partial charge in [-0.25, -0.2) is 0 Å². The van der Waals surface area contributed by atoms with E-state index in [9.17, 15) is 35.5 Å². The van der Waals surface area contributed by atoms with Crippen LogP contribution in [-0.2, 0) is 54.9 Å². The Bertz CT molecular complexity index is 2850. The fraction of sp³-hybridized carbons (Fsp3) is 0.593. The number of hydrogen-bond acceptors (Lipinski definition) is 11. The van der Waals surface area contributed by atoms with Crippen LogP contribution in [0.3, 0.4) is 0 Å². The maximum Gasteiger partial charge on any atom is 0.305 e. The summed E-state index contributed by atoms with van der Waals surface area (Å²) < 4.78 is 91.8. The summed E-state index contributed by atoms with van der Waals surface area (Å²) in [6, 6.07) is 19.1. The lowest BCUT2D eigenvalue weighted by Crippen LogP contribution is -2.44. The fourth-order valence-electron chi connectivity index (χ4n) is 11.7. The number of aliphatic carboxylic acids is 1. The number of unbranched alkanes of at least 4 members (excludes halogenated alkanes) is 4. The first kappa shape index (κ1) is 61.2. The van der Waals surface area contributed by atoms with Gasteiger partial charge in [-0.05, 0) is 117 Å². The topological polar surface area (TPSA) is 209 Å². The van der Waals surface area contributed by atoms with Crippen LogP contribution in [0.2, 0.25) is 0 Å². The lowest BCUT2D eigenvalue weighted by Gasteiger charge is -2.34. The van der Waals surface area contributed by atoms with Gasteiger partial charge in [-0.3, -0.25) is 18.7 Å². The largest absolute Gasteiger partial charge is 0.485 e. The second-order valence-corrected chi connectivity index (χ2v) is 24.5. The minimum atomic E-state index is -4.15. The first-order valence-electron chi connectivity index (χ1n) is 27.8. The van der Waals surface area contributed by atoms with Crippen LogP contribution in [0.5, 0.6) is 5.75 Å². The molecule has 4 heterocycles. The van der Waals surface area contributed by atoms with Gasteiger partial charge in [0.1, 0.15) is 11.9 Å². The molecular weight excluding hydrogens is 1020 g/mol. The number of carbonyl (C=O) groups is 2. The average molecular weight is 1110 g/mol. The van der Waals surface area contributed by atoms with Gasteiger partial charge < -0.3 is 29.0 Å². The minimum absolute atomic E-state index is 0.0119. The SMILES string of the molecule is CCOC(=O)CCCCCC1(C)C(C)=[N+](CCC(OCC)OCC)c2ccc(C)cc21.Cc1ccc2c(c1)C(C)(CCCCCC(=O)O)C1=[N+]2CCC2Oc3cc(N(CCCS(=O)(=O)O)CCCS(=O)(=O)O)ccc3C=C12. The van der Waals surface area contributed by atoms with Crippen molar-refractivity contribution < 1.29 is 68.7 Å². The zero-order valence-corrected chi connectivity index (χ0v) is 48.4. The molecule has 0 radical (unpaired) electrons. The minimum Gasteiger partial charge on any atom is -0.485 e. The molecule has 3 aromatic rings. The van der Waals surface area contributed by atoms with Gasteiger partial charge in [-0.1, -0.05) is 48.9 Å². The molecule has 0 aliphatic carbocycles. The Morgan fingerprint density at radius 1 is 0.740 bits per heavy atom. The molecule has 3 atom stereocenters. The molecule has 7 rings (SSSR count). The Balaban J connectivity index is 0.000000270. The van der Waals surface area contributed by atoms with E-state index in [4.69, 9.17) is 24.1 Å². The maximum atomic E-state index is 11.6. The van der Waals surface area contributed by atoms with Crippen molar-refractivity contribution in [3.05, 3.63) is 88.0 Å². The third-order valence-corrected chi connectivity index (χ3v) is 17.2. The maximum absolute atomic E-state index is 11.6. The summed E-state index contributed by atoms with van der Waals surface area (Å²) >= 11 is 0. The number of aryl methyl sites for hydroxylation is 2. The molecule has 3 aromatic carbocycles. The zero-order valence-electron chi connectivity index (χ0n) is 46.8. The number of nitrogens with zero attached hydrogens (tertiary/aromatic N) is 3. The van der Waals surface area contributed by atoms with E-state index < -0.39 is 37.7 Å². The van der Waals surface area contributed by atoms with Gasteiger partial charge in [-0.2, -0.15) is 26.0 Å². The van der Waals surface area contributed by atoms with Crippen molar-refractivity contribution in [3.8, 4) is 5.75 Å². The first-order chi connectivity index (χ1) is 36.5. The molecule has 0 saturated heterocycles. The molecule has 77 heavy (non-hydrogen) atoms. The lowest BCUT2D eigenvalue weighted by atomic mass is 9.71. The molecule has 16 nitrogen and oxygen atoms in total. The Kier molecular flexibility index (Phi) is 21.7. The fourth-order valence-corrected chi connectivity index (χ4v) is 12.7. The normalized spacial score (nSPS) is 19.4. The smallest absolute Gasteiger partial charge is 0.305 e. The summed E-state index contributed by atoms with van der Waals surface area (Å²) in [5.41, 5.74) is 12.8. The summed E-state index contributed by atoms with van der Waals surface area (Å²) in [5.74, 6) is -1.02. The van der Waals surface area contributed by atoms with Gasteiger partial charge in [0, 0.05) is 93.1 Å². The van der Waals surface area contributed by atoms with Gasteiger partial charge in [0.2, 0.25) is 11.4 Å². The molecule has 0 bridgehead atoms. The van der Waals surface area contributed by atoms with E-state index in [0.717, 1.165) is 87.7 Å². The van der Waals surface area contributed by atoms with Gasteiger partial charge in [0.05, 0.1) is 40.9 Å². The van der Waals surface area contributed by atoms with Crippen LogP contribution in [0.4, 0.5) is 17.1 Å². The number of hydrogen-bond donors (Lipinski definition) is 3. The van der Waals surface area contributed by atoms with Crippen LogP contribution >= 0.6 is 0 Å². The van der Waals surface area contributed by atoms with E-state index in [1.165, 1.54) is 45.1 Å². The van der Waals surface area contributed by atoms with Crippen molar-refractivity contribution in [2.75, 3.05) is 62.4 Å². The number of carbonyl (C=O) groups excluding carboxylic acids is 1. The highest BCUT2D eigenvalue weighted by Gasteiger charge is 2.54. The number of ether oxygens (including phenoxy) is 4. The van der Waals surface area contributed by atoms with Gasteiger partial charge in [0.15, 0.2) is 30.8 Å². The molecule has 4 aliphatic rings. The predicted molar refractivity (Wildman–Crippen MR) is 302 cm³/mol. The second-order valence-electron chi connectivity index (χ2n) is 21.4. The molecule has 0 aromatic heterocycles. The first-order valence-corrected chi connectivity index (χ1v) is 31.0. The molecule has 0 spiro atoms. The standard InChI is InChI=1S/C33H42N2O9S2.C26H42NO4/c1-23-9-12-28-27(20-23)33(2,14-5-3-4-8-31(36)37)32-26-21-24-10-11-25(22-30(24)44-29(26)13-17-35(28)32)34(15-6-18-45(38,39)40)16-7-19-46(41,42)43;1-7-29-24(28)13-11-10-12-17-26(6)21(5)27(18-16-25(30-8-2)31-9-3)23-15-14-20(4)19-22(23)26/h9-12,20-22,29H,3-8,13-19H2,1-2H3,(H2-,36,37,38,39,40,41,42,43);14-15,19,25H,7-13,16-18H2,1-6H3/q;+1/p+1. The van der Waals surface area contributed by atoms with E-state index in [0.29, 0.717) is 38.4 Å². The van der Waals surface area contributed by atoms with E-state index in [-0.39, 0.29) is 61.5 Å². The Morgan fingerprint density at radius 2 is 1.32 bits per heavy atom. The van der Waals surface area contributed by atoms with E-state index >= 15 is 0 Å². The molecular formula is C59H85N3O13S2+2. The molecule has 0 saturated carbocycles. The Labute approximate surface area is 458 Å². The lowest BCUT2D eigenvalue weighted by molar-refractivity contribution is -0.444. The number of carboxylic acid groups (broad SMARTS) is 1. The summed E-state index contributed by atoms with van der Waals surface area (Å²) in [6.45, 7) is 21.0. The Hall–Kier alpha value is -4.98. The van der Waals surface area contributed by atoms with E-state index in [1.54, 1.807) is 0 Å². The molecule has 0 amide bonds. The van der Waals surface area contributed by atoms with Crippen LogP contribution in [0.25, 0.3) is 6.08 Å². The van der Waals surface area contributed by atoms with Crippen LogP contribution in [0, 0.1) is 13.8 Å². The van der Waals surface area contributed by atoms with Crippen molar-refractivity contribution in [2.24, 2.45) is 0 Å². The number of anilines is 1. The molecule has 0 fully saturated rings. The van der Waals surface area contributed by atoms with Crippen LogP contribution in [-0.4, -0.2) is 133 Å². The summed E-state index contributed by atoms with van der Waals surface area (Å²) in [4.78, 5) is 24.5.